The van der Waals surface area contributed by atoms with E-state index in [1.54, 1.807) is 0 Å². The second-order valence-electron chi connectivity index (χ2n) is 4.17. The molecular formula is C12H16F2N2O. The van der Waals surface area contributed by atoms with Gasteiger partial charge in [-0.3, -0.25) is 4.79 Å². The lowest BCUT2D eigenvalue weighted by Gasteiger charge is -2.10. The number of carbonyl (C=O) groups is 1. The highest BCUT2D eigenvalue weighted by atomic mass is 19.1. The predicted octanol–water partition coefficient (Wildman–Crippen LogP) is 2.21. The van der Waals surface area contributed by atoms with Gasteiger partial charge in [-0.2, -0.15) is 0 Å². The fourth-order valence-electron chi connectivity index (χ4n) is 1.23. The number of benzene rings is 1. The summed E-state index contributed by atoms with van der Waals surface area (Å²) in [6, 6.07) is 2.19. The summed E-state index contributed by atoms with van der Waals surface area (Å²) in [6.45, 7) is 5.30. The van der Waals surface area contributed by atoms with Gasteiger partial charge in [-0.1, -0.05) is 13.8 Å². The van der Waals surface area contributed by atoms with E-state index < -0.39 is 17.5 Å². The van der Waals surface area contributed by atoms with Crippen LogP contribution in [-0.2, 0) is 4.79 Å². The first kappa shape index (κ1) is 13.6. The highest BCUT2D eigenvalue weighted by Gasteiger charge is 2.10. The highest BCUT2D eigenvalue weighted by Crippen LogP contribution is 2.18. The average molecular weight is 242 g/mol. The molecule has 3 nitrogen and oxygen atoms in total. The van der Waals surface area contributed by atoms with Crippen molar-refractivity contribution in [1.29, 1.82) is 0 Å². The third kappa shape index (κ3) is 4.11. The molecule has 1 aromatic rings. The van der Waals surface area contributed by atoms with Crippen molar-refractivity contribution < 1.29 is 13.6 Å². The molecule has 5 heteroatoms. The van der Waals surface area contributed by atoms with E-state index in [9.17, 15) is 13.6 Å². The van der Waals surface area contributed by atoms with E-state index in [-0.39, 0.29) is 23.8 Å². The highest BCUT2D eigenvalue weighted by molar-refractivity contribution is 5.92. The van der Waals surface area contributed by atoms with Crippen molar-refractivity contribution in [2.75, 3.05) is 11.9 Å². The van der Waals surface area contributed by atoms with Crippen LogP contribution < -0.4 is 10.6 Å². The normalized spacial score (nSPS) is 10.7. The smallest absolute Gasteiger partial charge is 0.238 e. The van der Waals surface area contributed by atoms with Crippen molar-refractivity contribution >= 4 is 11.6 Å². The Labute approximate surface area is 99.2 Å². The van der Waals surface area contributed by atoms with Crippen LogP contribution in [0.25, 0.3) is 0 Å². The van der Waals surface area contributed by atoms with E-state index in [0.717, 1.165) is 12.1 Å². The molecule has 0 aliphatic carbocycles. The topological polar surface area (TPSA) is 41.1 Å². The molecule has 0 aliphatic rings. The lowest BCUT2D eigenvalue weighted by atomic mass is 10.2. The summed E-state index contributed by atoms with van der Waals surface area (Å²) in [5.41, 5.74) is 0.0736. The largest absolute Gasteiger partial charge is 0.322 e. The van der Waals surface area contributed by atoms with Gasteiger partial charge in [0.05, 0.1) is 12.2 Å². The Bertz CT molecular complexity index is 419. The summed E-state index contributed by atoms with van der Waals surface area (Å²) >= 11 is 0. The lowest BCUT2D eigenvalue weighted by Crippen LogP contribution is -2.32. The van der Waals surface area contributed by atoms with Crippen molar-refractivity contribution in [3.8, 4) is 0 Å². The molecule has 0 spiro atoms. The van der Waals surface area contributed by atoms with Gasteiger partial charge in [0.2, 0.25) is 5.91 Å². The zero-order valence-electron chi connectivity index (χ0n) is 10.1. The quantitative estimate of drug-likeness (QED) is 0.850. The van der Waals surface area contributed by atoms with E-state index in [2.05, 4.69) is 10.6 Å². The van der Waals surface area contributed by atoms with Crippen LogP contribution in [0.2, 0.25) is 0 Å². The molecule has 0 saturated carbocycles. The molecule has 94 valence electrons. The Morgan fingerprint density at radius 1 is 1.29 bits per heavy atom. The summed E-state index contributed by atoms with van der Waals surface area (Å²) in [4.78, 5) is 11.4. The van der Waals surface area contributed by atoms with Crippen LogP contribution in [0.3, 0.4) is 0 Å². The zero-order chi connectivity index (χ0) is 13.0. The van der Waals surface area contributed by atoms with Crippen LogP contribution in [0.15, 0.2) is 12.1 Å². The predicted molar refractivity (Wildman–Crippen MR) is 62.9 cm³/mol. The van der Waals surface area contributed by atoms with E-state index in [1.165, 1.54) is 6.92 Å². The molecule has 0 atom stereocenters. The van der Waals surface area contributed by atoms with Gasteiger partial charge < -0.3 is 10.6 Å². The molecule has 0 aromatic heterocycles. The van der Waals surface area contributed by atoms with Crippen LogP contribution >= 0.6 is 0 Å². The maximum absolute atomic E-state index is 13.4. The van der Waals surface area contributed by atoms with Crippen molar-refractivity contribution in [3.63, 3.8) is 0 Å². The average Bonchev–Trinajstić information content (AvgIpc) is 2.23. The van der Waals surface area contributed by atoms with Crippen LogP contribution in [0.1, 0.15) is 19.4 Å². The van der Waals surface area contributed by atoms with E-state index in [1.807, 2.05) is 13.8 Å². The fourth-order valence-corrected chi connectivity index (χ4v) is 1.23. The van der Waals surface area contributed by atoms with E-state index >= 15 is 0 Å². The summed E-state index contributed by atoms with van der Waals surface area (Å²) in [6.07, 6.45) is 0. The van der Waals surface area contributed by atoms with Crippen LogP contribution in [0.5, 0.6) is 0 Å². The van der Waals surface area contributed by atoms with Crippen LogP contribution in [0, 0.1) is 18.6 Å². The molecule has 0 bridgehead atoms. The van der Waals surface area contributed by atoms with Crippen molar-refractivity contribution in [1.82, 2.24) is 5.32 Å². The maximum atomic E-state index is 13.4. The van der Waals surface area contributed by atoms with Crippen LogP contribution in [-0.4, -0.2) is 18.5 Å². The number of nitrogens with one attached hydrogen (secondary N) is 2. The number of aryl methyl sites for hydroxylation is 1. The van der Waals surface area contributed by atoms with Crippen molar-refractivity contribution in [2.45, 2.75) is 26.8 Å². The zero-order valence-corrected chi connectivity index (χ0v) is 10.1. The molecule has 0 heterocycles. The molecule has 1 rings (SSSR count). The van der Waals surface area contributed by atoms with Crippen LogP contribution in [0.4, 0.5) is 14.5 Å². The minimum Gasteiger partial charge on any atom is -0.322 e. The Morgan fingerprint density at radius 2 is 1.94 bits per heavy atom. The molecule has 0 aliphatic heterocycles. The van der Waals surface area contributed by atoms with Crippen molar-refractivity contribution in [2.24, 2.45) is 0 Å². The van der Waals surface area contributed by atoms with Gasteiger partial charge in [0.25, 0.3) is 0 Å². The number of carbonyl (C=O) groups excluding carboxylic acids is 1. The molecule has 1 aromatic carbocycles. The number of hydrogen-bond donors (Lipinski definition) is 2. The van der Waals surface area contributed by atoms with Gasteiger partial charge in [-0.15, -0.1) is 0 Å². The molecule has 0 radical (unpaired) electrons. The number of amides is 1. The first-order valence-electron chi connectivity index (χ1n) is 5.39. The molecule has 1 amide bonds. The standard InChI is InChI=1S/C12H16F2N2O/c1-7(2)15-6-12(17)16-11-5-9(13)8(3)4-10(11)14/h4-5,7,15H,6H2,1-3H3,(H,16,17). The number of rotatable bonds is 4. The molecule has 17 heavy (non-hydrogen) atoms. The van der Waals surface area contributed by atoms with E-state index in [0.29, 0.717) is 0 Å². The summed E-state index contributed by atoms with van der Waals surface area (Å²) in [5, 5.41) is 5.20. The Morgan fingerprint density at radius 3 is 2.53 bits per heavy atom. The Kier molecular flexibility index (Phi) is 4.57. The SMILES string of the molecule is Cc1cc(F)c(NC(=O)CNC(C)C)cc1F. The Balaban J connectivity index is 2.68. The molecular weight excluding hydrogens is 226 g/mol. The lowest BCUT2D eigenvalue weighted by molar-refractivity contribution is -0.115. The fraction of sp³-hybridized carbons (Fsp3) is 0.417. The minimum atomic E-state index is -0.637. The molecule has 0 saturated heterocycles. The summed E-state index contributed by atoms with van der Waals surface area (Å²) in [5.74, 6) is -1.58. The molecule has 0 fully saturated rings. The number of halogens is 2. The van der Waals surface area contributed by atoms with Gasteiger partial charge in [0.15, 0.2) is 0 Å². The third-order valence-electron chi connectivity index (χ3n) is 2.19. The molecule has 2 N–H and O–H groups in total. The van der Waals surface area contributed by atoms with E-state index in [4.69, 9.17) is 0 Å². The monoisotopic (exact) mass is 242 g/mol. The second kappa shape index (κ2) is 5.72. The van der Waals surface area contributed by atoms with Gasteiger partial charge in [-0.25, -0.2) is 8.78 Å². The number of hydrogen-bond acceptors (Lipinski definition) is 2. The second-order valence-corrected chi connectivity index (χ2v) is 4.17. The van der Waals surface area contributed by atoms with Gasteiger partial charge in [0, 0.05) is 12.1 Å². The summed E-state index contributed by atoms with van der Waals surface area (Å²) < 4.78 is 26.6. The minimum absolute atomic E-state index is 0.0621. The van der Waals surface area contributed by atoms with Crippen molar-refractivity contribution in [3.05, 3.63) is 29.3 Å². The van der Waals surface area contributed by atoms with Gasteiger partial charge in [-0.05, 0) is 18.6 Å². The number of anilines is 1. The van der Waals surface area contributed by atoms with Gasteiger partial charge >= 0.3 is 0 Å². The molecule has 0 unspecified atom stereocenters. The third-order valence-corrected chi connectivity index (χ3v) is 2.19. The first-order valence-corrected chi connectivity index (χ1v) is 5.39. The first-order chi connectivity index (χ1) is 7.90. The maximum Gasteiger partial charge on any atom is 0.238 e. The Hall–Kier alpha value is -1.49. The summed E-state index contributed by atoms with van der Waals surface area (Å²) in [7, 11) is 0. The van der Waals surface area contributed by atoms with Gasteiger partial charge in [0.1, 0.15) is 11.6 Å².